The summed E-state index contributed by atoms with van der Waals surface area (Å²) in [7, 11) is 0. The van der Waals surface area contributed by atoms with Crippen LogP contribution in [0, 0.1) is 10.1 Å². The zero-order valence-electron chi connectivity index (χ0n) is 19.6. The smallest absolute Gasteiger partial charge is 0.269 e. The molecule has 0 atom stereocenters. The lowest BCUT2D eigenvalue weighted by Gasteiger charge is -2.11. The zero-order chi connectivity index (χ0) is 24.4. The van der Waals surface area contributed by atoms with Gasteiger partial charge in [-0.2, -0.15) is 0 Å². The summed E-state index contributed by atoms with van der Waals surface area (Å²) in [5.41, 5.74) is 6.59. The number of hydrogen-bond acceptors (Lipinski definition) is 4. The molecule has 2 aromatic heterocycles. The lowest BCUT2D eigenvalue weighted by Crippen LogP contribution is -2.17. The summed E-state index contributed by atoms with van der Waals surface area (Å²) in [5, 5.41) is 14.5. The first-order valence-electron chi connectivity index (χ1n) is 11.6. The van der Waals surface area contributed by atoms with Crippen LogP contribution in [0.2, 0.25) is 0 Å². The standard InChI is InChI=1S/C28H26N4O2S/c1-19(2)23-7-3-6-10-26(23)30-28-31(16-15-21-17-29-25-9-5-4-8-24(21)25)27(18-35-28)20-11-13-22(14-12-20)32(33)34/h3-14,17-19,29H,15-16H2,1-2H3. The van der Waals surface area contributed by atoms with Crippen LogP contribution in [0.5, 0.6) is 0 Å². The van der Waals surface area contributed by atoms with Crippen molar-refractivity contribution in [2.75, 3.05) is 0 Å². The van der Waals surface area contributed by atoms with E-state index >= 15 is 0 Å². The number of aromatic amines is 1. The first kappa shape index (κ1) is 22.8. The Kier molecular flexibility index (Phi) is 6.33. The second kappa shape index (κ2) is 9.72. The van der Waals surface area contributed by atoms with E-state index in [0.717, 1.165) is 40.2 Å². The molecular formula is C28H26N4O2S. The number of aromatic nitrogens is 2. The van der Waals surface area contributed by atoms with Gasteiger partial charge in [0.2, 0.25) is 0 Å². The van der Waals surface area contributed by atoms with Crippen molar-refractivity contribution < 1.29 is 4.92 Å². The van der Waals surface area contributed by atoms with E-state index in [-0.39, 0.29) is 10.6 Å². The van der Waals surface area contributed by atoms with Crippen LogP contribution >= 0.6 is 11.3 Å². The van der Waals surface area contributed by atoms with Gasteiger partial charge in [0, 0.05) is 41.2 Å². The highest BCUT2D eigenvalue weighted by Crippen LogP contribution is 2.28. The number of H-pyrrole nitrogens is 1. The van der Waals surface area contributed by atoms with Gasteiger partial charge in [-0.1, -0.05) is 50.2 Å². The largest absolute Gasteiger partial charge is 0.361 e. The first-order valence-corrected chi connectivity index (χ1v) is 12.5. The first-order chi connectivity index (χ1) is 17.0. The Morgan fingerprint density at radius 3 is 2.54 bits per heavy atom. The van der Waals surface area contributed by atoms with Crippen LogP contribution in [-0.2, 0) is 13.0 Å². The third-order valence-electron chi connectivity index (χ3n) is 6.23. The molecule has 35 heavy (non-hydrogen) atoms. The van der Waals surface area contributed by atoms with E-state index in [1.54, 1.807) is 23.5 Å². The van der Waals surface area contributed by atoms with Crippen LogP contribution in [0.3, 0.4) is 0 Å². The van der Waals surface area contributed by atoms with Crippen molar-refractivity contribution in [2.24, 2.45) is 4.99 Å². The maximum atomic E-state index is 11.1. The third kappa shape index (κ3) is 4.68. The molecule has 0 saturated heterocycles. The Labute approximate surface area is 207 Å². The van der Waals surface area contributed by atoms with E-state index in [2.05, 4.69) is 71.4 Å². The molecule has 176 valence electrons. The van der Waals surface area contributed by atoms with Gasteiger partial charge in [0.25, 0.3) is 5.69 Å². The number of non-ortho nitro benzene ring substituents is 1. The minimum atomic E-state index is -0.369. The van der Waals surface area contributed by atoms with Gasteiger partial charge in [0.15, 0.2) is 4.80 Å². The van der Waals surface area contributed by atoms with Crippen molar-refractivity contribution in [1.29, 1.82) is 0 Å². The zero-order valence-corrected chi connectivity index (χ0v) is 20.5. The van der Waals surface area contributed by atoms with Gasteiger partial charge in [-0.05, 0) is 53.3 Å². The van der Waals surface area contributed by atoms with Gasteiger partial charge >= 0.3 is 0 Å². The van der Waals surface area contributed by atoms with Crippen molar-refractivity contribution in [3.8, 4) is 11.3 Å². The molecule has 0 radical (unpaired) electrons. The number of nitrogens with zero attached hydrogens (tertiary/aromatic N) is 3. The number of hydrogen-bond donors (Lipinski definition) is 1. The van der Waals surface area contributed by atoms with Crippen LogP contribution in [-0.4, -0.2) is 14.5 Å². The van der Waals surface area contributed by atoms with Crippen LogP contribution < -0.4 is 4.80 Å². The lowest BCUT2D eigenvalue weighted by molar-refractivity contribution is -0.384. The van der Waals surface area contributed by atoms with Crippen molar-refractivity contribution in [3.63, 3.8) is 0 Å². The van der Waals surface area contributed by atoms with Gasteiger partial charge in [0.1, 0.15) is 0 Å². The Hall–Kier alpha value is -3.97. The Balaban J connectivity index is 1.59. The minimum absolute atomic E-state index is 0.0880. The summed E-state index contributed by atoms with van der Waals surface area (Å²) in [4.78, 5) is 20.1. The number of benzene rings is 3. The molecule has 3 aromatic carbocycles. The molecule has 1 N–H and O–H groups in total. The summed E-state index contributed by atoms with van der Waals surface area (Å²) in [6, 6.07) is 23.3. The molecule has 0 aliphatic carbocycles. The molecule has 0 spiro atoms. The van der Waals surface area contributed by atoms with Gasteiger partial charge in [-0.25, -0.2) is 4.99 Å². The Morgan fingerprint density at radius 1 is 1.03 bits per heavy atom. The lowest BCUT2D eigenvalue weighted by atomic mass is 10.0. The van der Waals surface area contributed by atoms with E-state index in [4.69, 9.17) is 4.99 Å². The van der Waals surface area contributed by atoms with Crippen molar-refractivity contribution in [1.82, 2.24) is 9.55 Å². The molecular weight excluding hydrogens is 456 g/mol. The van der Waals surface area contributed by atoms with Crippen molar-refractivity contribution in [2.45, 2.75) is 32.7 Å². The number of para-hydroxylation sites is 2. The molecule has 2 heterocycles. The quantitative estimate of drug-likeness (QED) is 0.197. The molecule has 0 amide bonds. The third-order valence-corrected chi connectivity index (χ3v) is 7.09. The van der Waals surface area contributed by atoms with Crippen LogP contribution in [0.1, 0.15) is 30.9 Å². The summed E-state index contributed by atoms with van der Waals surface area (Å²) < 4.78 is 2.23. The average Bonchev–Trinajstić information content (AvgIpc) is 3.47. The number of aryl methyl sites for hydroxylation is 1. The molecule has 0 saturated carbocycles. The van der Waals surface area contributed by atoms with Crippen molar-refractivity contribution >= 4 is 33.6 Å². The van der Waals surface area contributed by atoms with Gasteiger partial charge in [-0.15, -0.1) is 11.3 Å². The second-order valence-corrected chi connectivity index (χ2v) is 9.63. The van der Waals surface area contributed by atoms with Crippen LogP contribution in [0.4, 0.5) is 11.4 Å². The summed E-state index contributed by atoms with van der Waals surface area (Å²) >= 11 is 1.59. The average molecular weight is 483 g/mol. The summed E-state index contributed by atoms with van der Waals surface area (Å²) in [6.07, 6.45) is 2.91. The maximum Gasteiger partial charge on any atom is 0.269 e. The second-order valence-electron chi connectivity index (χ2n) is 8.79. The monoisotopic (exact) mass is 482 g/mol. The summed E-state index contributed by atoms with van der Waals surface area (Å²) in [6.45, 7) is 5.09. The number of thiazole rings is 1. The van der Waals surface area contributed by atoms with Gasteiger partial charge < -0.3 is 9.55 Å². The number of fused-ring (bicyclic) bond motifs is 1. The molecule has 5 rings (SSSR count). The topological polar surface area (TPSA) is 76.2 Å². The molecule has 0 aliphatic rings. The van der Waals surface area contributed by atoms with Gasteiger partial charge in [0.05, 0.1) is 16.3 Å². The molecule has 5 aromatic rings. The van der Waals surface area contributed by atoms with E-state index < -0.39 is 0 Å². The number of rotatable bonds is 7. The number of nitrogens with one attached hydrogen (secondary N) is 1. The fourth-order valence-corrected chi connectivity index (χ4v) is 5.32. The summed E-state index contributed by atoms with van der Waals surface area (Å²) in [5.74, 6) is 0.365. The van der Waals surface area contributed by atoms with Crippen LogP contribution in [0.25, 0.3) is 22.2 Å². The number of nitro groups is 1. The normalized spacial score (nSPS) is 12.0. The molecule has 0 unspecified atom stereocenters. The van der Waals surface area contributed by atoms with E-state index in [9.17, 15) is 10.1 Å². The molecule has 7 heteroatoms. The molecule has 0 bridgehead atoms. The van der Waals surface area contributed by atoms with Crippen LogP contribution in [0.15, 0.2) is 89.4 Å². The highest BCUT2D eigenvalue weighted by atomic mass is 32.1. The predicted molar refractivity (Wildman–Crippen MR) is 142 cm³/mol. The fraction of sp³-hybridized carbons (Fsp3) is 0.179. The van der Waals surface area contributed by atoms with E-state index in [0.29, 0.717) is 5.92 Å². The predicted octanol–water partition coefficient (Wildman–Crippen LogP) is 7.20. The molecule has 6 nitrogen and oxygen atoms in total. The SMILES string of the molecule is CC(C)c1ccccc1N=c1scc(-c2ccc([N+](=O)[O-])cc2)n1CCc1c[nH]c2ccccc12. The Bertz CT molecular complexity index is 1560. The van der Waals surface area contributed by atoms with E-state index in [1.165, 1.54) is 16.5 Å². The molecule has 0 aliphatic heterocycles. The maximum absolute atomic E-state index is 11.1. The fourth-order valence-electron chi connectivity index (χ4n) is 4.37. The van der Waals surface area contributed by atoms with E-state index in [1.807, 2.05) is 24.3 Å². The number of nitro benzene ring substituents is 1. The van der Waals surface area contributed by atoms with Crippen molar-refractivity contribution in [3.05, 3.63) is 110 Å². The van der Waals surface area contributed by atoms with Gasteiger partial charge in [-0.3, -0.25) is 10.1 Å². The molecule has 0 fully saturated rings. The Morgan fingerprint density at radius 2 is 1.77 bits per heavy atom. The highest BCUT2D eigenvalue weighted by Gasteiger charge is 2.13. The highest BCUT2D eigenvalue weighted by molar-refractivity contribution is 7.07. The minimum Gasteiger partial charge on any atom is -0.361 e.